The van der Waals surface area contributed by atoms with E-state index in [0.29, 0.717) is 12.3 Å². The Hall–Kier alpha value is -2.28. The summed E-state index contributed by atoms with van der Waals surface area (Å²) in [7, 11) is 0. The third-order valence-corrected chi connectivity index (χ3v) is 3.98. The molecule has 116 valence electrons. The third kappa shape index (κ3) is 3.88. The van der Waals surface area contributed by atoms with E-state index in [2.05, 4.69) is 26.2 Å². The van der Waals surface area contributed by atoms with Crippen LogP contribution in [0.1, 0.15) is 25.7 Å². The van der Waals surface area contributed by atoms with E-state index in [4.69, 9.17) is 0 Å². The fourth-order valence-corrected chi connectivity index (χ4v) is 2.73. The molecule has 2 heterocycles. The highest BCUT2D eigenvalue weighted by atomic mass is 16.1. The van der Waals surface area contributed by atoms with Crippen molar-refractivity contribution in [2.75, 3.05) is 18.4 Å². The zero-order valence-corrected chi connectivity index (χ0v) is 12.4. The molecule has 1 amide bonds. The van der Waals surface area contributed by atoms with Gasteiger partial charge in [0.15, 0.2) is 0 Å². The lowest BCUT2D eigenvalue weighted by Gasteiger charge is -2.22. The Morgan fingerprint density at radius 1 is 1.36 bits per heavy atom. The van der Waals surface area contributed by atoms with Gasteiger partial charge in [0.05, 0.1) is 5.69 Å². The van der Waals surface area contributed by atoms with Crippen molar-refractivity contribution in [2.45, 2.75) is 25.7 Å². The summed E-state index contributed by atoms with van der Waals surface area (Å²) in [6, 6.07) is 7.50. The van der Waals surface area contributed by atoms with Crippen molar-refractivity contribution in [3.8, 4) is 5.69 Å². The molecule has 0 unspecified atom stereocenters. The second-order valence-corrected chi connectivity index (χ2v) is 5.58. The number of anilines is 1. The number of benzene rings is 1. The van der Waals surface area contributed by atoms with Crippen molar-refractivity contribution < 1.29 is 4.79 Å². The van der Waals surface area contributed by atoms with Crippen LogP contribution in [0.2, 0.25) is 0 Å². The number of hydrogen-bond donors (Lipinski definition) is 2. The fraction of sp³-hybridized carbons (Fsp3) is 0.467. The van der Waals surface area contributed by atoms with E-state index in [1.165, 1.54) is 19.2 Å². The summed E-state index contributed by atoms with van der Waals surface area (Å²) < 4.78 is 1.56. The van der Waals surface area contributed by atoms with Gasteiger partial charge in [-0.15, -0.1) is 5.10 Å². The molecule has 0 atom stereocenters. The van der Waals surface area contributed by atoms with E-state index < -0.39 is 0 Å². The predicted octanol–water partition coefficient (Wildman–Crippen LogP) is 1.38. The first-order chi connectivity index (χ1) is 10.8. The quantitative estimate of drug-likeness (QED) is 0.871. The number of amides is 1. The molecule has 7 heteroatoms. The number of rotatable bonds is 5. The summed E-state index contributed by atoms with van der Waals surface area (Å²) >= 11 is 0. The van der Waals surface area contributed by atoms with Gasteiger partial charge in [0.25, 0.3) is 0 Å². The Bertz CT molecular complexity index is 606. The number of piperidine rings is 1. The third-order valence-electron chi connectivity index (χ3n) is 3.98. The van der Waals surface area contributed by atoms with Gasteiger partial charge in [0.1, 0.15) is 6.33 Å². The first kappa shape index (κ1) is 14.6. The predicted molar refractivity (Wildman–Crippen MR) is 82.6 cm³/mol. The van der Waals surface area contributed by atoms with Crippen LogP contribution in [0, 0.1) is 5.92 Å². The van der Waals surface area contributed by atoms with Gasteiger partial charge in [-0.25, -0.2) is 4.68 Å². The van der Waals surface area contributed by atoms with Crippen LogP contribution in [-0.4, -0.2) is 39.2 Å². The van der Waals surface area contributed by atoms with Crippen molar-refractivity contribution in [1.82, 2.24) is 25.5 Å². The van der Waals surface area contributed by atoms with E-state index in [0.717, 1.165) is 30.9 Å². The summed E-state index contributed by atoms with van der Waals surface area (Å²) in [6.07, 6.45) is 5.39. The van der Waals surface area contributed by atoms with Crippen molar-refractivity contribution in [3.05, 3.63) is 30.6 Å². The first-order valence-corrected chi connectivity index (χ1v) is 7.65. The zero-order valence-electron chi connectivity index (χ0n) is 12.4. The molecular weight excluding hydrogens is 280 g/mol. The highest BCUT2D eigenvalue weighted by molar-refractivity contribution is 5.90. The van der Waals surface area contributed by atoms with E-state index in [-0.39, 0.29) is 5.91 Å². The first-order valence-electron chi connectivity index (χ1n) is 7.65. The van der Waals surface area contributed by atoms with Gasteiger partial charge in [-0.05, 0) is 66.9 Å². The molecule has 0 spiro atoms. The minimum atomic E-state index is 0.0624. The molecule has 0 bridgehead atoms. The van der Waals surface area contributed by atoms with Crippen molar-refractivity contribution in [1.29, 1.82) is 0 Å². The van der Waals surface area contributed by atoms with Crippen LogP contribution in [-0.2, 0) is 4.79 Å². The maximum atomic E-state index is 12.1. The van der Waals surface area contributed by atoms with E-state index >= 15 is 0 Å². The SMILES string of the molecule is O=C(CCC1CCNCC1)Nc1cccc(-n2cnnn2)c1. The molecule has 1 aliphatic heterocycles. The van der Waals surface area contributed by atoms with Gasteiger partial charge in [-0.2, -0.15) is 0 Å². The minimum Gasteiger partial charge on any atom is -0.326 e. The number of nitrogens with zero attached hydrogens (tertiary/aromatic N) is 4. The molecule has 0 aliphatic carbocycles. The van der Waals surface area contributed by atoms with E-state index in [9.17, 15) is 4.79 Å². The van der Waals surface area contributed by atoms with Crippen molar-refractivity contribution >= 4 is 11.6 Å². The largest absolute Gasteiger partial charge is 0.326 e. The molecule has 1 fully saturated rings. The number of hydrogen-bond acceptors (Lipinski definition) is 5. The van der Waals surface area contributed by atoms with Crippen LogP contribution in [0.25, 0.3) is 5.69 Å². The molecule has 1 saturated heterocycles. The van der Waals surface area contributed by atoms with Crippen LogP contribution in [0.4, 0.5) is 5.69 Å². The second kappa shape index (κ2) is 7.13. The Balaban J connectivity index is 1.54. The maximum absolute atomic E-state index is 12.1. The van der Waals surface area contributed by atoms with Gasteiger partial charge in [-0.3, -0.25) is 4.79 Å². The van der Waals surface area contributed by atoms with Crippen LogP contribution in [0.5, 0.6) is 0 Å². The zero-order chi connectivity index (χ0) is 15.2. The molecular formula is C15H20N6O. The number of aromatic nitrogens is 4. The smallest absolute Gasteiger partial charge is 0.224 e. The Kier molecular flexibility index (Phi) is 4.75. The molecule has 0 saturated carbocycles. The average Bonchev–Trinajstić information content (AvgIpc) is 3.09. The van der Waals surface area contributed by atoms with Crippen LogP contribution >= 0.6 is 0 Å². The summed E-state index contributed by atoms with van der Waals surface area (Å²) in [5.74, 6) is 0.729. The molecule has 7 nitrogen and oxygen atoms in total. The topological polar surface area (TPSA) is 84.7 Å². The molecule has 1 aliphatic rings. The van der Waals surface area contributed by atoms with Crippen LogP contribution < -0.4 is 10.6 Å². The van der Waals surface area contributed by atoms with Gasteiger partial charge in [0, 0.05) is 12.1 Å². The van der Waals surface area contributed by atoms with Crippen molar-refractivity contribution in [2.24, 2.45) is 5.92 Å². The normalized spacial score (nSPS) is 15.6. The van der Waals surface area contributed by atoms with Gasteiger partial charge < -0.3 is 10.6 Å². The summed E-state index contributed by atoms with van der Waals surface area (Å²) in [4.78, 5) is 12.1. The molecule has 1 aromatic carbocycles. The molecule has 2 aromatic rings. The lowest BCUT2D eigenvalue weighted by molar-refractivity contribution is -0.116. The van der Waals surface area contributed by atoms with Gasteiger partial charge in [-0.1, -0.05) is 6.07 Å². The number of tetrazole rings is 1. The Labute approximate surface area is 129 Å². The summed E-state index contributed by atoms with van der Waals surface area (Å²) in [5, 5.41) is 17.4. The number of carbonyl (C=O) groups is 1. The molecule has 3 rings (SSSR count). The minimum absolute atomic E-state index is 0.0624. The highest BCUT2D eigenvalue weighted by Crippen LogP contribution is 2.19. The number of nitrogens with one attached hydrogen (secondary N) is 2. The highest BCUT2D eigenvalue weighted by Gasteiger charge is 2.14. The molecule has 0 radical (unpaired) electrons. The van der Waals surface area contributed by atoms with E-state index in [1.807, 2.05) is 24.3 Å². The Morgan fingerprint density at radius 2 is 2.23 bits per heavy atom. The average molecular weight is 300 g/mol. The fourth-order valence-electron chi connectivity index (χ4n) is 2.73. The standard InChI is InChI=1S/C15H20N6O/c22-15(5-4-12-6-8-16-9-7-12)18-13-2-1-3-14(10-13)21-11-17-19-20-21/h1-3,10-12,16H,4-9H2,(H,18,22). The van der Waals surface area contributed by atoms with Gasteiger partial charge >= 0.3 is 0 Å². The van der Waals surface area contributed by atoms with E-state index in [1.54, 1.807) is 4.68 Å². The summed E-state index contributed by atoms with van der Waals surface area (Å²) in [5.41, 5.74) is 1.59. The van der Waals surface area contributed by atoms with Crippen molar-refractivity contribution in [3.63, 3.8) is 0 Å². The monoisotopic (exact) mass is 300 g/mol. The molecule has 22 heavy (non-hydrogen) atoms. The lowest BCUT2D eigenvalue weighted by Crippen LogP contribution is -2.28. The van der Waals surface area contributed by atoms with Gasteiger partial charge in [0.2, 0.25) is 5.91 Å². The van der Waals surface area contributed by atoms with Crippen LogP contribution in [0.15, 0.2) is 30.6 Å². The van der Waals surface area contributed by atoms with Crippen LogP contribution in [0.3, 0.4) is 0 Å². The molecule has 1 aromatic heterocycles. The lowest BCUT2D eigenvalue weighted by atomic mass is 9.93. The maximum Gasteiger partial charge on any atom is 0.224 e. The Morgan fingerprint density at radius 3 is 3.00 bits per heavy atom. The summed E-state index contributed by atoms with van der Waals surface area (Å²) in [6.45, 7) is 2.14. The second-order valence-electron chi connectivity index (χ2n) is 5.58. The molecule has 2 N–H and O–H groups in total. The number of carbonyl (C=O) groups excluding carboxylic acids is 1.